The van der Waals surface area contributed by atoms with Crippen molar-refractivity contribution in [3.8, 4) is 0 Å². The summed E-state index contributed by atoms with van der Waals surface area (Å²) in [6.45, 7) is 11.3. The second-order valence-corrected chi connectivity index (χ2v) is 9.47. The van der Waals surface area contributed by atoms with Crippen LogP contribution in [-0.2, 0) is 14.8 Å². The van der Waals surface area contributed by atoms with Crippen LogP contribution in [0.2, 0.25) is 0 Å². The molecule has 6 heteroatoms. The lowest BCUT2D eigenvalue weighted by Gasteiger charge is -2.31. The van der Waals surface area contributed by atoms with Gasteiger partial charge in [-0.1, -0.05) is 35.9 Å². The fourth-order valence-corrected chi connectivity index (χ4v) is 4.60. The Morgan fingerprint density at radius 3 is 2.04 bits per heavy atom. The summed E-state index contributed by atoms with van der Waals surface area (Å²) in [5.41, 5.74) is 5.50. The highest BCUT2D eigenvalue weighted by Crippen LogP contribution is 2.27. The Labute approximate surface area is 168 Å². The molecule has 0 saturated heterocycles. The highest BCUT2D eigenvalue weighted by molar-refractivity contribution is 7.92. The number of benzene rings is 2. The molecule has 0 aliphatic carbocycles. The lowest BCUT2D eigenvalue weighted by Crippen LogP contribution is -2.48. The van der Waals surface area contributed by atoms with Crippen molar-refractivity contribution >= 4 is 21.6 Å². The molecule has 2 rings (SSSR count). The molecule has 0 aliphatic heterocycles. The van der Waals surface area contributed by atoms with Gasteiger partial charge in [0.05, 0.1) is 18.0 Å². The number of hydrogen-bond acceptors (Lipinski definition) is 3. The molecule has 1 N–H and O–H groups in total. The van der Waals surface area contributed by atoms with Gasteiger partial charge in [0.2, 0.25) is 15.9 Å². The van der Waals surface area contributed by atoms with Crippen molar-refractivity contribution < 1.29 is 13.2 Å². The van der Waals surface area contributed by atoms with Crippen LogP contribution in [0.15, 0.2) is 36.4 Å². The maximum atomic E-state index is 13.0. The number of nitrogens with zero attached hydrogens (tertiary/aromatic N) is 1. The first-order valence-corrected chi connectivity index (χ1v) is 11.2. The average Bonchev–Trinajstić information content (AvgIpc) is 2.58. The smallest absolute Gasteiger partial charge is 0.244 e. The van der Waals surface area contributed by atoms with Crippen molar-refractivity contribution in [3.05, 3.63) is 64.2 Å². The summed E-state index contributed by atoms with van der Waals surface area (Å²) in [6.07, 6.45) is 1.13. The number of nitrogens with one attached hydrogen (secondary N) is 1. The van der Waals surface area contributed by atoms with Gasteiger partial charge < -0.3 is 5.32 Å². The Bertz CT molecular complexity index is 983. The third-order valence-electron chi connectivity index (χ3n) is 4.95. The summed E-state index contributed by atoms with van der Waals surface area (Å²) in [4.78, 5) is 13.0. The molecule has 2 aromatic rings. The summed E-state index contributed by atoms with van der Waals surface area (Å²) in [5, 5.41) is 2.98. The van der Waals surface area contributed by atoms with Gasteiger partial charge >= 0.3 is 0 Å². The van der Waals surface area contributed by atoms with Gasteiger partial charge in [0.15, 0.2) is 0 Å². The molecule has 0 unspecified atom stereocenters. The van der Waals surface area contributed by atoms with E-state index in [0.717, 1.165) is 34.1 Å². The minimum absolute atomic E-state index is 0.227. The van der Waals surface area contributed by atoms with E-state index in [1.807, 2.05) is 65.0 Å². The van der Waals surface area contributed by atoms with Crippen LogP contribution in [0.3, 0.4) is 0 Å². The standard InChI is InChI=1S/C22H30N2O3S/c1-14-8-10-16(3)20(12-14)18(5)23-22(25)19(6)24(28(7,26)27)21-13-15(2)9-11-17(21)4/h8-13,18-19H,1-7H3,(H,23,25)/t18-,19+/m1/s1. The maximum absolute atomic E-state index is 13.0. The van der Waals surface area contributed by atoms with Gasteiger partial charge in [0, 0.05) is 0 Å². The van der Waals surface area contributed by atoms with E-state index in [4.69, 9.17) is 0 Å². The number of carbonyl (C=O) groups is 1. The lowest BCUT2D eigenvalue weighted by atomic mass is 10.00. The topological polar surface area (TPSA) is 66.5 Å². The number of aryl methyl sites for hydroxylation is 4. The summed E-state index contributed by atoms with van der Waals surface area (Å²) in [7, 11) is -3.64. The van der Waals surface area contributed by atoms with E-state index in [2.05, 4.69) is 5.32 Å². The third kappa shape index (κ3) is 4.93. The van der Waals surface area contributed by atoms with Crippen LogP contribution in [0.1, 0.15) is 47.7 Å². The van der Waals surface area contributed by atoms with Gasteiger partial charge in [0.1, 0.15) is 6.04 Å². The first-order valence-electron chi connectivity index (χ1n) is 9.36. The highest BCUT2D eigenvalue weighted by Gasteiger charge is 2.31. The first kappa shape index (κ1) is 22.0. The van der Waals surface area contributed by atoms with Gasteiger partial charge in [-0.3, -0.25) is 9.10 Å². The van der Waals surface area contributed by atoms with Crippen LogP contribution in [0.4, 0.5) is 5.69 Å². The Morgan fingerprint density at radius 2 is 1.46 bits per heavy atom. The van der Waals surface area contributed by atoms with Crippen molar-refractivity contribution in [1.82, 2.24) is 5.32 Å². The molecule has 1 amide bonds. The van der Waals surface area contributed by atoms with Crippen LogP contribution < -0.4 is 9.62 Å². The number of rotatable bonds is 6. The Balaban J connectivity index is 2.34. The van der Waals surface area contributed by atoms with Crippen molar-refractivity contribution in [3.63, 3.8) is 0 Å². The molecule has 0 heterocycles. The zero-order valence-corrected chi connectivity index (χ0v) is 18.5. The average molecular weight is 403 g/mol. The number of anilines is 1. The van der Waals surface area contributed by atoms with Crippen LogP contribution in [-0.4, -0.2) is 26.6 Å². The molecule has 0 aromatic heterocycles. The zero-order valence-electron chi connectivity index (χ0n) is 17.7. The second kappa shape index (κ2) is 8.35. The second-order valence-electron chi connectivity index (χ2n) is 7.62. The third-order valence-corrected chi connectivity index (χ3v) is 6.18. The predicted octanol–water partition coefficient (Wildman–Crippen LogP) is 3.95. The van der Waals surface area contributed by atoms with Gasteiger partial charge in [0.25, 0.3) is 0 Å². The summed E-state index contributed by atoms with van der Waals surface area (Å²) < 4.78 is 26.3. The molecule has 0 aliphatic rings. The Morgan fingerprint density at radius 1 is 0.929 bits per heavy atom. The number of carbonyl (C=O) groups excluding carboxylic acids is 1. The fourth-order valence-electron chi connectivity index (χ4n) is 3.38. The van der Waals surface area contributed by atoms with Gasteiger partial charge in [-0.05, 0) is 69.9 Å². The molecule has 0 saturated carbocycles. The Hall–Kier alpha value is -2.34. The van der Waals surface area contributed by atoms with E-state index in [1.54, 1.807) is 13.0 Å². The monoisotopic (exact) mass is 402 g/mol. The quantitative estimate of drug-likeness (QED) is 0.795. The van der Waals surface area contributed by atoms with Crippen LogP contribution >= 0.6 is 0 Å². The van der Waals surface area contributed by atoms with Crippen molar-refractivity contribution in [1.29, 1.82) is 0 Å². The van der Waals surface area contributed by atoms with Gasteiger partial charge in [-0.2, -0.15) is 0 Å². The molecule has 2 aromatic carbocycles. The number of sulfonamides is 1. The lowest BCUT2D eigenvalue weighted by molar-refractivity contribution is -0.122. The van der Waals surface area contributed by atoms with E-state index < -0.39 is 16.1 Å². The molecular formula is C22H30N2O3S. The zero-order chi connectivity index (χ0) is 21.2. The summed E-state index contributed by atoms with van der Waals surface area (Å²) in [6, 6.07) is 10.6. The summed E-state index contributed by atoms with van der Waals surface area (Å²) in [5.74, 6) is -0.334. The number of amides is 1. The SMILES string of the molecule is Cc1ccc(C)c([C@@H](C)NC(=O)[C@H](C)N(c2cc(C)ccc2C)S(C)(=O)=O)c1. The van der Waals surface area contributed by atoms with Crippen molar-refractivity contribution in [2.75, 3.05) is 10.6 Å². The molecule has 152 valence electrons. The maximum Gasteiger partial charge on any atom is 0.244 e. The predicted molar refractivity (Wildman–Crippen MR) is 115 cm³/mol. The normalized spacial score (nSPS) is 13.7. The Kier molecular flexibility index (Phi) is 6.55. The summed E-state index contributed by atoms with van der Waals surface area (Å²) >= 11 is 0. The first-order chi connectivity index (χ1) is 12.9. The molecule has 28 heavy (non-hydrogen) atoms. The molecule has 0 spiro atoms. The molecule has 5 nitrogen and oxygen atoms in total. The van der Waals surface area contributed by atoms with E-state index >= 15 is 0 Å². The van der Waals surface area contributed by atoms with Crippen LogP contribution in [0.5, 0.6) is 0 Å². The van der Waals surface area contributed by atoms with Crippen molar-refractivity contribution in [2.45, 2.75) is 53.6 Å². The highest BCUT2D eigenvalue weighted by atomic mass is 32.2. The van der Waals surface area contributed by atoms with Crippen LogP contribution in [0.25, 0.3) is 0 Å². The van der Waals surface area contributed by atoms with Crippen LogP contribution in [0, 0.1) is 27.7 Å². The van der Waals surface area contributed by atoms with E-state index in [9.17, 15) is 13.2 Å². The van der Waals surface area contributed by atoms with E-state index in [1.165, 1.54) is 4.31 Å². The number of hydrogen-bond donors (Lipinski definition) is 1. The fraction of sp³-hybridized carbons (Fsp3) is 0.409. The van der Waals surface area contributed by atoms with E-state index in [0.29, 0.717) is 5.69 Å². The minimum atomic E-state index is -3.64. The molecule has 0 bridgehead atoms. The molecule has 0 radical (unpaired) electrons. The van der Waals surface area contributed by atoms with E-state index in [-0.39, 0.29) is 11.9 Å². The van der Waals surface area contributed by atoms with Crippen molar-refractivity contribution in [2.24, 2.45) is 0 Å². The van der Waals surface area contributed by atoms with Gasteiger partial charge in [-0.15, -0.1) is 0 Å². The van der Waals surface area contributed by atoms with Gasteiger partial charge in [-0.25, -0.2) is 8.42 Å². The minimum Gasteiger partial charge on any atom is -0.348 e. The largest absolute Gasteiger partial charge is 0.348 e. The molecule has 0 fully saturated rings. The molecule has 2 atom stereocenters. The molecular weight excluding hydrogens is 372 g/mol.